The zero-order valence-corrected chi connectivity index (χ0v) is 16.6. The number of sulfonamides is 1. The van der Waals surface area contributed by atoms with Crippen molar-refractivity contribution < 1.29 is 13.2 Å². The fourth-order valence-electron chi connectivity index (χ4n) is 2.88. The molecule has 0 saturated carbocycles. The van der Waals surface area contributed by atoms with Crippen LogP contribution in [0, 0.1) is 5.92 Å². The molecule has 1 aromatic rings. The summed E-state index contributed by atoms with van der Waals surface area (Å²) in [5.41, 5.74) is 1.87. The van der Waals surface area contributed by atoms with E-state index in [9.17, 15) is 13.2 Å². The van der Waals surface area contributed by atoms with Crippen LogP contribution in [0.15, 0.2) is 24.3 Å². The van der Waals surface area contributed by atoms with Gasteiger partial charge >= 0.3 is 0 Å². The van der Waals surface area contributed by atoms with Crippen LogP contribution in [0.25, 0.3) is 0 Å². The molecular formula is C19H30N2O3S. The van der Waals surface area contributed by atoms with Crippen LogP contribution >= 0.6 is 0 Å². The fourth-order valence-corrected chi connectivity index (χ4v) is 4.62. The number of piperazine rings is 1. The number of carbonyl (C=O) groups excluding carboxylic acids is 1. The molecule has 1 amide bonds. The largest absolute Gasteiger partial charge is 0.336 e. The van der Waals surface area contributed by atoms with E-state index in [0.29, 0.717) is 50.0 Å². The lowest BCUT2D eigenvalue weighted by atomic mass is 10.0. The molecule has 0 aliphatic carbocycles. The van der Waals surface area contributed by atoms with Crippen LogP contribution in [-0.2, 0) is 10.0 Å². The summed E-state index contributed by atoms with van der Waals surface area (Å²) < 4.78 is 26.2. The normalized spacial score (nSPS) is 16.6. The monoisotopic (exact) mass is 366 g/mol. The van der Waals surface area contributed by atoms with Crippen LogP contribution in [0.2, 0.25) is 0 Å². The van der Waals surface area contributed by atoms with Gasteiger partial charge in [-0.15, -0.1) is 0 Å². The van der Waals surface area contributed by atoms with Crippen LogP contribution in [0.5, 0.6) is 0 Å². The van der Waals surface area contributed by atoms with Gasteiger partial charge in [-0.25, -0.2) is 8.42 Å². The molecule has 25 heavy (non-hydrogen) atoms. The van der Waals surface area contributed by atoms with Crippen molar-refractivity contribution in [3.63, 3.8) is 0 Å². The summed E-state index contributed by atoms with van der Waals surface area (Å²) in [7, 11) is -3.21. The summed E-state index contributed by atoms with van der Waals surface area (Å²) in [6.45, 7) is 9.96. The third-order valence-corrected chi connectivity index (χ3v) is 6.60. The Morgan fingerprint density at radius 3 is 2.04 bits per heavy atom. The van der Waals surface area contributed by atoms with E-state index in [1.54, 1.807) is 4.90 Å². The van der Waals surface area contributed by atoms with Crippen LogP contribution in [0.3, 0.4) is 0 Å². The Kier molecular flexibility index (Phi) is 6.63. The second-order valence-electron chi connectivity index (χ2n) is 7.47. The molecule has 6 heteroatoms. The number of amides is 1. The first-order valence-corrected chi connectivity index (χ1v) is 10.7. The summed E-state index contributed by atoms with van der Waals surface area (Å²) in [6.07, 6.45) is 0.670. The number of hydrogen-bond donors (Lipinski definition) is 0. The van der Waals surface area contributed by atoms with E-state index >= 15 is 0 Å². The van der Waals surface area contributed by atoms with Gasteiger partial charge in [0.15, 0.2) is 0 Å². The zero-order chi connectivity index (χ0) is 18.6. The zero-order valence-electron chi connectivity index (χ0n) is 15.7. The van der Waals surface area contributed by atoms with Crippen LogP contribution in [0.4, 0.5) is 0 Å². The lowest BCUT2D eigenvalue weighted by Gasteiger charge is -2.34. The molecule has 0 unspecified atom stereocenters. The minimum Gasteiger partial charge on any atom is -0.336 e. The molecular weight excluding hydrogens is 336 g/mol. The maximum absolute atomic E-state index is 12.6. The summed E-state index contributed by atoms with van der Waals surface area (Å²) >= 11 is 0. The molecule has 0 bridgehead atoms. The standard InChI is InChI=1S/C19H30N2O3S/c1-15(2)9-14-25(23,24)21-12-10-20(11-13-21)19(22)18-7-5-17(6-8-18)16(3)4/h5-8,15-16H,9-14H2,1-4H3. The number of rotatable bonds is 6. The first kappa shape index (κ1) is 19.9. The Balaban J connectivity index is 1.94. The topological polar surface area (TPSA) is 57.7 Å². The summed E-state index contributed by atoms with van der Waals surface area (Å²) in [5.74, 6) is 0.972. The Morgan fingerprint density at radius 2 is 1.56 bits per heavy atom. The molecule has 5 nitrogen and oxygen atoms in total. The molecule has 1 heterocycles. The summed E-state index contributed by atoms with van der Waals surface area (Å²) in [5, 5.41) is 0. The molecule has 1 aliphatic rings. The van der Waals surface area contributed by atoms with E-state index < -0.39 is 10.0 Å². The second-order valence-corrected chi connectivity index (χ2v) is 9.55. The number of carbonyl (C=O) groups is 1. The maximum Gasteiger partial charge on any atom is 0.253 e. The molecule has 1 saturated heterocycles. The van der Waals surface area contributed by atoms with Crippen molar-refractivity contribution in [2.75, 3.05) is 31.9 Å². The lowest BCUT2D eigenvalue weighted by molar-refractivity contribution is 0.0698. The van der Waals surface area contributed by atoms with E-state index in [0.717, 1.165) is 0 Å². The van der Waals surface area contributed by atoms with E-state index in [-0.39, 0.29) is 11.7 Å². The Bertz CT molecular complexity index is 673. The molecule has 0 spiro atoms. The van der Waals surface area contributed by atoms with Gasteiger partial charge in [-0.05, 0) is 36.0 Å². The van der Waals surface area contributed by atoms with Gasteiger partial charge in [-0.2, -0.15) is 4.31 Å². The SMILES string of the molecule is CC(C)CCS(=O)(=O)N1CCN(C(=O)c2ccc(C(C)C)cc2)CC1. The first-order chi connectivity index (χ1) is 11.7. The molecule has 1 aromatic carbocycles. The van der Waals surface area contributed by atoms with Gasteiger partial charge in [0.05, 0.1) is 5.75 Å². The predicted molar refractivity (Wildman–Crippen MR) is 101 cm³/mol. The highest BCUT2D eigenvalue weighted by Gasteiger charge is 2.29. The van der Waals surface area contributed by atoms with E-state index in [1.165, 1.54) is 9.87 Å². The van der Waals surface area contributed by atoms with E-state index in [1.807, 2.05) is 38.1 Å². The Hall–Kier alpha value is -1.40. The number of benzene rings is 1. The molecule has 0 atom stereocenters. The van der Waals surface area contributed by atoms with Gasteiger partial charge in [-0.1, -0.05) is 39.8 Å². The molecule has 0 radical (unpaired) electrons. The van der Waals surface area contributed by atoms with Gasteiger partial charge in [0.1, 0.15) is 0 Å². The van der Waals surface area contributed by atoms with Gasteiger partial charge in [-0.3, -0.25) is 4.79 Å². The first-order valence-electron chi connectivity index (χ1n) is 9.07. The quantitative estimate of drug-likeness (QED) is 0.778. The van der Waals surface area contributed by atoms with E-state index in [4.69, 9.17) is 0 Å². The highest BCUT2D eigenvalue weighted by molar-refractivity contribution is 7.89. The maximum atomic E-state index is 12.6. The molecule has 1 aliphatic heterocycles. The Morgan fingerprint density at radius 1 is 1.00 bits per heavy atom. The molecule has 0 N–H and O–H groups in total. The molecule has 2 rings (SSSR count). The average molecular weight is 367 g/mol. The van der Waals surface area contributed by atoms with Crippen molar-refractivity contribution in [2.24, 2.45) is 5.92 Å². The van der Waals surface area contributed by atoms with Crippen LogP contribution in [-0.4, -0.2) is 55.5 Å². The predicted octanol–water partition coefficient (Wildman–Crippen LogP) is 2.94. The van der Waals surface area contributed by atoms with Gasteiger partial charge in [0.2, 0.25) is 10.0 Å². The minimum absolute atomic E-state index is 0.0189. The van der Waals surface area contributed by atoms with Crippen molar-refractivity contribution in [1.82, 2.24) is 9.21 Å². The molecule has 140 valence electrons. The van der Waals surface area contributed by atoms with Crippen LogP contribution < -0.4 is 0 Å². The molecule has 0 aromatic heterocycles. The smallest absolute Gasteiger partial charge is 0.253 e. The van der Waals surface area contributed by atoms with Crippen molar-refractivity contribution >= 4 is 15.9 Å². The van der Waals surface area contributed by atoms with Gasteiger partial charge in [0.25, 0.3) is 5.91 Å². The van der Waals surface area contributed by atoms with Crippen molar-refractivity contribution in [2.45, 2.75) is 40.0 Å². The van der Waals surface area contributed by atoms with E-state index in [2.05, 4.69) is 13.8 Å². The minimum atomic E-state index is -3.21. The Labute approximate surface area is 152 Å². The molecule has 1 fully saturated rings. The van der Waals surface area contributed by atoms with Gasteiger partial charge in [0, 0.05) is 31.7 Å². The highest BCUT2D eigenvalue weighted by Crippen LogP contribution is 2.17. The number of nitrogens with zero attached hydrogens (tertiary/aromatic N) is 2. The highest BCUT2D eigenvalue weighted by atomic mass is 32.2. The van der Waals surface area contributed by atoms with Gasteiger partial charge < -0.3 is 4.90 Å². The lowest BCUT2D eigenvalue weighted by Crippen LogP contribution is -2.51. The third-order valence-electron chi connectivity index (χ3n) is 4.70. The van der Waals surface area contributed by atoms with Crippen molar-refractivity contribution in [1.29, 1.82) is 0 Å². The summed E-state index contributed by atoms with van der Waals surface area (Å²) in [6, 6.07) is 7.71. The number of hydrogen-bond acceptors (Lipinski definition) is 3. The third kappa shape index (κ3) is 5.28. The van der Waals surface area contributed by atoms with Crippen molar-refractivity contribution in [3.8, 4) is 0 Å². The van der Waals surface area contributed by atoms with Crippen LogP contribution in [0.1, 0.15) is 56.0 Å². The summed E-state index contributed by atoms with van der Waals surface area (Å²) in [4.78, 5) is 14.4. The fraction of sp³-hybridized carbons (Fsp3) is 0.632. The van der Waals surface area contributed by atoms with Crippen molar-refractivity contribution in [3.05, 3.63) is 35.4 Å². The second kappa shape index (κ2) is 8.32. The average Bonchev–Trinajstić information content (AvgIpc) is 2.59.